The predicted octanol–water partition coefficient (Wildman–Crippen LogP) is 3.29. The minimum Gasteiger partial charge on any atom is -0.384 e. The molecular formula is C15H19O4P. The molecule has 0 spiro atoms. The monoisotopic (exact) mass is 294 g/mol. The lowest BCUT2D eigenvalue weighted by molar-refractivity contribution is 0.229. The van der Waals surface area contributed by atoms with E-state index in [4.69, 9.17) is 14.2 Å². The van der Waals surface area contributed by atoms with E-state index in [1.165, 1.54) is 5.82 Å². The molecule has 0 aromatic heterocycles. The van der Waals surface area contributed by atoms with E-state index in [0.717, 1.165) is 5.56 Å². The maximum Gasteiger partial charge on any atom is 0.355 e. The van der Waals surface area contributed by atoms with Crippen LogP contribution in [0.5, 0.6) is 0 Å². The second kappa shape index (κ2) is 8.73. The number of aliphatic hydroxyl groups is 1. The van der Waals surface area contributed by atoms with Gasteiger partial charge in [0.05, 0.1) is 13.2 Å². The molecule has 0 fully saturated rings. The van der Waals surface area contributed by atoms with Gasteiger partial charge in [0.15, 0.2) is 0 Å². The standard InChI is InChI=1S/C15H19O4P/c1-3-18-20(17,19-4-2)13-15(11-8-12-16)14-9-6-5-7-10-14/h5-7,9-10,13,16H,3-4,12H2,1-2H3/b15-13+. The van der Waals surface area contributed by atoms with Crippen molar-refractivity contribution in [2.24, 2.45) is 0 Å². The largest absolute Gasteiger partial charge is 0.384 e. The average molecular weight is 294 g/mol. The van der Waals surface area contributed by atoms with Gasteiger partial charge in [-0.2, -0.15) is 0 Å². The van der Waals surface area contributed by atoms with E-state index in [-0.39, 0.29) is 19.8 Å². The molecule has 4 nitrogen and oxygen atoms in total. The highest BCUT2D eigenvalue weighted by molar-refractivity contribution is 7.57. The third-order valence-corrected chi connectivity index (χ3v) is 4.10. The molecule has 0 unspecified atom stereocenters. The minimum atomic E-state index is -3.33. The van der Waals surface area contributed by atoms with Crippen molar-refractivity contribution < 1.29 is 18.7 Å². The van der Waals surface area contributed by atoms with Gasteiger partial charge in [-0.25, -0.2) is 0 Å². The summed E-state index contributed by atoms with van der Waals surface area (Å²) in [6.07, 6.45) is 0. The first-order valence-electron chi connectivity index (χ1n) is 6.42. The summed E-state index contributed by atoms with van der Waals surface area (Å²) >= 11 is 0. The van der Waals surface area contributed by atoms with Gasteiger partial charge in [-0.3, -0.25) is 4.57 Å². The van der Waals surface area contributed by atoms with Gasteiger partial charge in [0.2, 0.25) is 0 Å². The van der Waals surface area contributed by atoms with Crippen molar-refractivity contribution >= 4 is 13.2 Å². The van der Waals surface area contributed by atoms with Crippen molar-refractivity contribution in [1.82, 2.24) is 0 Å². The Balaban J connectivity index is 3.21. The first-order valence-corrected chi connectivity index (χ1v) is 8.03. The van der Waals surface area contributed by atoms with Crippen LogP contribution in [0.15, 0.2) is 36.1 Å². The third-order valence-electron chi connectivity index (χ3n) is 2.29. The molecule has 0 aliphatic rings. The molecular weight excluding hydrogens is 275 g/mol. The zero-order valence-corrected chi connectivity index (χ0v) is 12.6. The molecule has 0 atom stereocenters. The number of aliphatic hydroxyl groups excluding tert-OH is 1. The first kappa shape index (κ1) is 16.7. The highest BCUT2D eigenvalue weighted by Gasteiger charge is 2.21. The Morgan fingerprint density at radius 1 is 1.25 bits per heavy atom. The van der Waals surface area contributed by atoms with Crippen molar-refractivity contribution in [2.75, 3.05) is 19.8 Å². The minimum absolute atomic E-state index is 0.266. The third kappa shape index (κ3) is 5.32. The van der Waals surface area contributed by atoms with Crippen LogP contribution in [0.1, 0.15) is 19.4 Å². The molecule has 1 aromatic carbocycles. The molecule has 0 saturated carbocycles. The molecule has 1 aromatic rings. The van der Waals surface area contributed by atoms with Gasteiger partial charge in [0.1, 0.15) is 6.61 Å². The molecule has 1 rings (SSSR count). The van der Waals surface area contributed by atoms with Crippen molar-refractivity contribution in [3.05, 3.63) is 41.7 Å². The number of allylic oxidation sites excluding steroid dienone is 1. The quantitative estimate of drug-likeness (QED) is 0.646. The molecule has 0 radical (unpaired) electrons. The van der Waals surface area contributed by atoms with Crippen molar-refractivity contribution in [3.8, 4) is 11.8 Å². The maximum absolute atomic E-state index is 12.5. The smallest absolute Gasteiger partial charge is 0.355 e. The number of benzene rings is 1. The van der Waals surface area contributed by atoms with E-state index in [1.54, 1.807) is 13.8 Å². The number of hydrogen-bond donors (Lipinski definition) is 1. The fourth-order valence-corrected chi connectivity index (χ4v) is 3.03. The zero-order valence-electron chi connectivity index (χ0n) is 11.7. The molecule has 20 heavy (non-hydrogen) atoms. The summed E-state index contributed by atoms with van der Waals surface area (Å²) in [5, 5.41) is 8.83. The van der Waals surface area contributed by atoms with Crippen LogP contribution in [-0.2, 0) is 13.6 Å². The van der Waals surface area contributed by atoms with Gasteiger partial charge in [0, 0.05) is 11.4 Å². The fourth-order valence-electron chi connectivity index (χ4n) is 1.56. The molecule has 5 heteroatoms. The number of hydrogen-bond acceptors (Lipinski definition) is 4. The highest BCUT2D eigenvalue weighted by atomic mass is 31.2. The van der Waals surface area contributed by atoms with Crippen LogP contribution in [0.25, 0.3) is 5.57 Å². The second-order valence-corrected chi connectivity index (χ2v) is 5.60. The highest BCUT2D eigenvalue weighted by Crippen LogP contribution is 2.51. The molecule has 0 bridgehead atoms. The molecule has 108 valence electrons. The summed E-state index contributed by atoms with van der Waals surface area (Å²) in [6, 6.07) is 9.29. The molecule has 0 saturated heterocycles. The topological polar surface area (TPSA) is 55.8 Å². The van der Waals surface area contributed by atoms with Gasteiger partial charge in [0.25, 0.3) is 0 Å². The van der Waals surface area contributed by atoms with Crippen LogP contribution in [0, 0.1) is 11.8 Å². The first-order chi connectivity index (χ1) is 9.65. The Bertz CT molecular complexity index is 530. The van der Waals surface area contributed by atoms with Crippen LogP contribution in [0.2, 0.25) is 0 Å². The summed E-state index contributed by atoms with van der Waals surface area (Å²) in [6.45, 7) is 3.80. The summed E-state index contributed by atoms with van der Waals surface area (Å²) < 4.78 is 23.0. The normalized spacial score (nSPS) is 11.8. The van der Waals surface area contributed by atoms with Crippen LogP contribution < -0.4 is 0 Å². The predicted molar refractivity (Wildman–Crippen MR) is 80.1 cm³/mol. The van der Waals surface area contributed by atoms with Crippen molar-refractivity contribution in [2.45, 2.75) is 13.8 Å². The summed E-state index contributed by atoms with van der Waals surface area (Å²) in [4.78, 5) is 0. The summed E-state index contributed by atoms with van der Waals surface area (Å²) in [5.41, 5.74) is 1.32. The fraction of sp³-hybridized carbons (Fsp3) is 0.333. The van der Waals surface area contributed by atoms with Crippen LogP contribution in [-0.4, -0.2) is 24.9 Å². The lowest BCUT2D eigenvalue weighted by Gasteiger charge is -2.14. The van der Waals surface area contributed by atoms with Crippen LogP contribution >= 0.6 is 7.60 Å². The van der Waals surface area contributed by atoms with Gasteiger partial charge < -0.3 is 14.2 Å². The van der Waals surface area contributed by atoms with E-state index < -0.39 is 7.60 Å². The Kier molecular flexibility index (Phi) is 7.28. The van der Waals surface area contributed by atoms with Crippen molar-refractivity contribution in [1.29, 1.82) is 0 Å². The molecule has 1 N–H and O–H groups in total. The Morgan fingerprint density at radius 2 is 1.85 bits per heavy atom. The van der Waals surface area contributed by atoms with Crippen LogP contribution in [0.3, 0.4) is 0 Å². The number of rotatable bonds is 6. The van der Waals surface area contributed by atoms with Gasteiger partial charge in [-0.05, 0) is 19.4 Å². The van der Waals surface area contributed by atoms with E-state index in [9.17, 15) is 4.57 Å². The lowest BCUT2D eigenvalue weighted by atomic mass is 10.1. The Hall–Kier alpha value is -1.37. The second-order valence-electron chi connectivity index (χ2n) is 3.74. The Labute approximate surface area is 120 Å². The van der Waals surface area contributed by atoms with Gasteiger partial charge in [-0.15, -0.1) is 0 Å². The van der Waals surface area contributed by atoms with E-state index in [2.05, 4.69) is 11.8 Å². The van der Waals surface area contributed by atoms with Crippen LogP contribution in [0.4, 0.5) is 0 Å². The lowest BCUT2D eigenvalue weighted by Crippen LogP contribution is -1.94. The summed E-state index contributed by atoms with van der Waals surface area (Å²) in [5.74, 6) is 6.76. The van der Waals surface area contributed by atoms with E-state index in [1.807, 2.05) is 30.3 Å². The summed E-state index contributed by atoms with van der Waals surface area (Å²) in [7, 11) is -3.33. The van der Waals surface area contributed by atoms with E-state index in [0.29, 0.717) is 5.57 Å². The van der Waals surface area contributed by atoms with E-state index >= 15 is 0 Å². The molecule has 0 heterocycles. The molecule has 0 amide bonds. The maximum atomic E-state index is 12.5. The molecule has 0 aliphatic carbocycles. The zero-order chi connectivity index (χ0) is 14.8. The van der Waals surface area contributed by atoms with Gasteiger partial charge in [-0.1, -0.05) is 42.2 Å². The van der Waals surface area contributed by atoms with Crippen molar-refractivity contribution in [3.63, 3.8) is 0 Å². The molecule has 0 aliphatic heterocycles. The van der Waals surface area contributed by atoms with Gasteiger partial charge >= 0.3 is 7.60 Å². The Morgan fingerprint density at radius 3 is 2.35 bits per heavy atom. The average Bonchev–Trinajstić information content (AvgIpc) is 2.45. The SMILES string of the molecule is CCOP(=O)(/C=C(\C#CCO)c1ccccc1)OCC.